The molecule has 0 aliphatic rings. The van der Waals surface area contributed by atoms with Gasteiger partial charge in [-0.1, -0.05) is 66.7 Å². The van der Waals surface area contributed by atoms with Gasteiger partial charge in [0.2, 0.25) is 5.91 Å². The quantitative estimate of drug-likeness (QED) is 0.524. The molecule has 1 atom stereocenters. The van der Waals surface area contributed by atoms with Gasteiger partial charge in [0.25, 0.3) is 5.91 Å². The SMILES string of the molecule is CCN(C(=O)[C@@H](CC(=O)CNC(=O)c1ccccc1)Cc1ccccc1)c1ccccc1. The Morgan fingerprint density at radius 1 is 0.812 bits per heavy atom. The van der Waals surface area contributed by atoms with Crippen LogP contribution in [0.3, 0.4) is 0 Å². The van der Waals surface area contributed by atoms with Crippen LogP contribution in [0.5, 0.6) is 0 Å². The highest BCUT2D eigenvalue weighted by Crippen LogP contribution is 2.21. The number of carbonyl (C=O) groups is 3. The summed E-state index contributed by atoms with van der Waals surface area (Å²) < 4.78 is 0. The third kappa shape index (κ3) is 6.38. The van der Waals surface area contributed by atoms with E-state index in [1.165, 1.54) is 0 Å². The van der Waals surface area contributed by atoms with Gasteiger partial charge in [-0.15, -0.1) is 0 Å². The van der Waals surface area contributed by atoms with Crippen molar-refractivity contribution in [2.45, 2.75) is 19.8 Å². The van der Waals surface area contributed by atoms with Crippen molar-refractivity contribution in [1.82, 2.24) is 5.32 Å². The van der Waals surface area contributed by atoms with E-state index in [-0.39, 0.29) is 30.6 Å². The molecule has 0 saturated carbocycles. The molecule has 0 aliphatic heterocycles. The molecule has 3 aromatic carbocycles. The Labute approximate surface area is 189 Å². The second-order valence-corrected chi connectivity index (χ2v) is 7.60. The summed E-state index contributed by atoms with van der Waals surface area (Å²) in [5.74, 6) is -1.08. The highest BCUT2D eigenvalue weighted by atomic mass is 16.2. The molecule has 0 spiro atoms. The zero-order valence-corrected chi connectivity index (χ0v) is 18.2. The molecule has 3 rings (SSSR count). The van der Waals surface area contributed by atoms with Gasteiger partial charge in [-0.3, -0.25) is 14.4 Å². The molecular formula is C27H28N2O3. The number of carbonyl (C=O) groups excluding carboxylic acids is 3. The minimum atomic E-state index is -0.515. The van der Waals surface area contributed by atoms with Crippen LogP contribution < -0.4 is 10.2 Å². The number of para-hydroxylation sites is 1. The third-order valence-electron chi connectivity index (χ3n) is 5.28. The fourth-order valence-electron chi connectivity index (χ4n) is 3.66. The zero-order valence-electron chi connectivity index (χ0n) is 18.2. The number of nitrogens with zero attached hydrogens (tertiary/aromatic N) is 1. The van der Waals surface area contributed by atoms with Gasteiger partial charge in [0.05, 0.1) is 6.54 Å². The molecule has 164 valence electrons. The van der Waals surface area contributed by atoms with Crippen molar-refractivity contribution in [2.24, 2.45) is 5.92 Å². The molecule has 0 heterocycles. The Morgan fingerprint density at radius 3 is 1.97 bits per heavy atom. The number of hydrogen-bond acceptors (Lipinski definition) is 3. The van der Waals surface area contributed by atoms with E-state index in [2.05, 4.69) is 5.32 Å². The van der Waals surface area contributed by atoms with E-state index in [4.69, 9.17) is 0 Å². The monoisotopic (exact) mass is 428 g/mol. The maximum atomic E-state index is 13.5. The third-order valence-corrected chi connectivity index (χ3v) is 5.28. The van der Waals surface area contributed by atoms with Crippen molar-refractivity contribution >= 4 is 23.3 Å². The summed E-state index contributed by atoms with van der Waals surface area (Å²) >= 11 is 0. The summed E-state index contributed by atoms with van der Waals surface area (Å²) in [6.07, 6.45) is 0.521. The van der Waals surface area contributed by atoms with E-state index >= 15 is 0 Å². The largest absolute Gasteiger partial charge is 0.345 e. The Morgan fingerprint density at radius 2 is 1.38 bits per heavy atom. The number of nitrogens with one attached hydrogen (secondary N) is 1. The van der Waals surface area contributed by atoms with Gasteiger partial charge in [-0.25, -0.2) is 0 Å². The first-order valence-corrected chi connectivity index (χ1v) is 10.8. The Bertz CT molecular complexity index is 1020. The normalized spacial score (nSPS) is 11.4. The highest BCUT2D eigenvalue weighted by molar-refractivity contribution is 5.99. The van der Waals surface area contributed by atoms with E-state index < -0.39 is 5.92 Å². The van der Waals surface area contributed by atoms with Gasteiger partial charge in [-0.2, -0.15) is 0 Å². The number of ketones is 1. The van der Waals surface area contributed by atoms with E-state index in [0.717, 1.165) is 11.3 Å². The maximum Gasteiger partial charge on any atom is 0.251 e. The molecular weight excluding hydrogens is 400 g/mol. The first-order valence-electron chi connectivity index (χ1n) is 10.8. The van der Waals surface area contributed by atoms with E-state index in [9.17, 15) is 14.4 Å². The van der Waals surface area contributed by atoms with Crippen LogP contribution in [-0.2, 0) is 16.0 Å². The first-order chi connectivity index (χ1) is 15.6. The minimum Gasteiger partial charge on any atom is -0.345 e. The van der Waals surface area contributed by atoms with Crippen LogP contribution in [0.1, 0.15) is 29.3 Å². The molecule has 5 heteroatoms. The second kappa shape index (κ2) is 11.6. The molecule has 1 N–H and O–H groups in total. The smallest absolute Gasteiger partial charge is 0.251 e. The standard InChI is InChI=1S/C27H28N2O3/c1-2-29(24-16-10-5-11-17-24)27(32)23(18-21-12-6-3-7-13-21)19-25(30)20-28-26(31)22-14-8-4-9-15-22/h3-17,23H,2,18-20H2,1H3,(H,28,31)/t23-/m1/s1. The zero-order chi connectivity index (χ0) is 22.8. The van der Waals surface area contributed by atoms with Crippen molar-refractivity contribution < 1.29 is 14.4 Å². The maximum absolute atomic E-state index is 13.5. The first kappa shape index (κ1) is 22.9. The topological polar surface area (TPSA) is 66.5 Å². The van der Waals surface area contributed by atoms with E-state index in [1.54, 1.807) is 29.2 Å². The molecule has 0 aromatic heterocycles. The lowest BCUT2D eigenvalue weighted by molar-refractivity contribution is -0.127. The number of Topliss-reactive ketones (excluding diaryl/α,β-unsaturated/α-hetero) is 1. The molecule has 2 amide bonds. The predicted molar refractivity (Wildman–Crippen MR) is 127 cm³/mol. The molecule has 0 radical (unpaired) electrons. The van der Waals surface area contributed by atoms with Gasteiger partial charge in [0, 0.05) is 30.1 Å². The van der Waals surface area contributed by atoms with Crippen molar-refractivity contribution in [3.63, 3.8) is 0 Å². The van der Waals surface area contributed by atoms with Crippen molar-refractivity contribution in [2.75, 3.05) is 18.0 Å². The van der Waals surface area contributed by atoms with Crippen molar-refractivity contribution in [3.8, 4) is 0 Å². The average molecular weight is 429 g/mol. The number of anilines is 1. The van der Waals surface area contributed by atoms with Gasteiger partial charge >= 0.3 is 0 Å². The fraction of sp³-hybridized carbons (Fsp3) is 0.222. The summed E-state index contributed by atoms with van der Waals surface area (Å²) in [5.41, 5.74) is 2.30. The lowest BCUT2D eigenvalue weighted by atomic mass is 9.92. The molecule has 0 bridgehead atoms. The second-order valence-electron chi connectivity index (χ2n) is 7.60. The lowest BCUT2D eigenvalue weighted by Crippen LogP contribution is -2.39. The highest BCUT2D eigenvalue weighted by Gasteiger charge is 2.27. The van der Waals surface area contributed by atoms with Crippen LogP contribution in [0, 0.1) is 5.92 Å². The molecule has 3 aromatic rings. The molecule has 5 nitrogen and oxygen atoms in total. The van der Waals surface area contributed by atoms with Gasteiger partial charge in [-0.05, 0) is 43.2 Å². The summed E-state index contributed by atoms with van der Waals surface area (Å²) in [7, 11) is 0. The van der Waals surface area contributed by atoms with Crippen LogP contribution in [0.4, 0.5) is 5.69 Å². The van der Waals surface area contributed by atoms with Gasteiger partial charge < -0.3 is 10.2 Å². The van der Waals surface area contributed by atoms with Gasteiger partial charge in [0.15, 0.2) is 5.78 Å². The van der Waals surface area contributed by atoms with Crippen molar-refractivity contribution in [1.29, 1.82) is 0 Å². The van der Waals surface area contributed by atoms with Crippen LogP contribution >= 0.6 is 0 Å². The fourth-order valence-corrected chi connectivity index (χ4v) is 3.66. The summed E-state index contributed by atoms with van der Waals surface area (Å²) in [4.78, 5) is 40.2. The number of amides is 2. The molecule has 0 unspecified atom stereocenters. The Kier molecular flexibility index (Phi) is 8.32. The molecule has 0 aliphatic carbocycles. The predicted octanol–water partition coefficient (Wildman–Crippen LogP) is 4.29. The molecule has 32 heavy (non-hydrogen) atoms. The number of benzene rings is 3. The summed E-state index contributed by atoms with van der Waals surface area (Å²) in [5, 5.41) is 2.67. The average Bonchev–Trinajstić information content (AvgIpc) is 2.84. The Hall–Kier alpha value is -3.73. The summed E-state index contributed by atoms with van der Waals surface area (Å²) in [6.45, 7) is 2.32. The lowest BCUT2D eigenvalue weighted by Gasteiger charge is -2.26. The molecule has 0 fully saturated rings. The number of hydrogen-bond donors (Lipinski definition) is 1. The van der Waals surface area contributed by atoms with Crippen LogP contribution in [0.15, 0.2) is 91.0 Å². The summed E-state index contributed by atoms with van der Waals surface area (Å²) in [6, 6.07) is 27.9. The van der Waals surface area contributed by atoms with Gasteiger partial charge in [0.1, 0.15) is 0 Å². The van der Waals surface area contributed by atoms with Crippen LogP contribution in [0.25, 0.3) is 0 Å². The van der Waals surface area contributed by atoms with Crippen LogP contribution in [-0.4, -0.2) is 30.7 Å². The molecule has 0 saturated heterocycles. The van der Waals surface area contributed by atoms with Crippen LogP contribution in [0.2, 0.25) is 0 Å². The minimum absolute atomic E-state index is 0.0616. The van der Waals surface area contributed by atoms with E-state index in [1.807, 2.05) is 73.7 Å². The Balaban J connectivity index is 1.71. The number of rotatable bonds is 10. The van der Waals surface area contributed by atoms with Crippen molar-refractivity contribution in [3.05, 3.63) is 102 Å². The van der Waals surface area contributed by atoms with E-state index in [0.29, 0.717) is 18.5 Å².